The van der Waals surface area contributed by atoms with Crippen molar-refractivity contribution in [2.75, 3.05) is 26.2 Å². The van der Waals surface area contributed by atoms with Gasteiger partial charge in [-0.3, -0.25) is 4.90 Å². The van der Waals surface area contributed by atoms with Crippen LogP contribution in [0.4, 0.5) is 0 Å². The summed E-state index contributed by atoms with van der Waals surface area (Å²) in [4.78, 5) is 2.65. The maximum absolute atomic E-state index is 4.19. The maximum atomic E-state index is 4.19. The van der Waals surface area contributed by atoms with Crippen LogP contribution < -0.4 is 5.32 Å². The van der Waals surface area contributed by atoms with E-state index in [4.69, 9.17) is 0 Å². The first-order valence-corrected chi connectivity index (χ1v) is 8.50. The van der Waals surface area contributed by atoms with E-state index in [0.29, 0.717) is 6.04 Å². The van der Waals surface area contributed by atoms with Gasteiger partial charge in [0, 0.05) is 32.2 Å². The summed E-state index contributed by atoms with van der Waals surface area (Å²) in [6.45, 7) is 22.2. The molecule has 0 bridgehead atoms. The average molecular weight is 373 g/mol. The van der Waals surface area contributed by atoms with Crippen molar-refractivity contribution in [3.05, 3.63) is 45.5 Å². The molecule has 0 radical (unpaired) electrons. The summed E-state index contributed by atoms with van der Waals surface area (Å²) >= 11 is 0. The number of nitrogens with zero attached hydrogens (tertiary/aromatic N) is 1. The number of hydrogen-bond acceptors (Lipinski definition) is 2. The lowest BCUT2D eigenvalue weighted by Gasteiger charge is -2.38. The van der Waals surface area contributed by atoms with E-state index >= 15 is 0 Å². The molecule has 1 fully saturated rings. The van der Waals surface area contributed by atoms with E-state index in [1.807, 2.05) is 0 Å². The van der Waals surface area contributed by atoms with E-state index in [9.17, 15) is 0 Å². The van der Waals surface area contributed by atoms with Gasteiger partial charge >= 0.3 is 0 Å². The molecule has 24 heavy (non-hydrogen) atoms. The van der Waals surface area contributed by atoms with Gasteiger partial charge < -0.3 is 5.32 Å². The Morgan fingerprint density at radius 1 is 0.917 bits per heavy atom. The van der Waals surface area contributed by atoms with Crippen LogP contribution in [0.1, 0.15) is 52.8 Å². The topological polar surface area (TPSA) is 15.3 Å². The van der Waals surface area contributed by atoms with E-state index in [1.165, 1.54) is 33.4 Å². The molecule has 0 unspecified atom stereocenters. The Kier molecular flexibility index (Phi) is 9.60. The average Bonchev–Trinajstić information content (AvgIpc) is 2.50. The monoisotopic (exact) mass is 372 g/mol. The summed E-state index contributed by atoms with van der Waals surface area (Å²) in [7, 11) is 0. The quantitative estimate of drug-likeness (QED) is 0.749. The summed E-state index contributed by atoms with van der Waals surface area (Å²) in [6, 6.07) is 0.470. The Labute approximate surface area is 160 Å². The normalized spacial score (nSPS) is 16.1. The fourth-order valence-electron chi connectivity index (χ4n) is 3.77. The van der Waals surface area contributed by atoms with Gasteiger partial charge in [0.15, 0.2) is 0 Å². The number of nitrogens with one attached hydrogen (secondary N) is 1. The van der Waals surface area contributed by atoms with Crippen molar-refractivity contribution in [2.45, 2.75) is 54.0 Å². The molecule has 2 rings (SSSR count). The molecule has 1 aliphatic rings. The van der Waals surface area contributed by atoms with Crippen molar-refractivity contribution < 1.29 is 0 Å². The molecule has 2 nitrogen and oxygen atoms in total. The van der Waals surface area contributed by atoms with Crippen molar-refractivity contribution in [1.82, 2.24) is 10.2 Å². The molecular weight excluding hydrogens is 339 g/mol. The fraction of sp³-hybridized carbons (Fsp3) is 0.600. The minimum atomic E-state index is 0. The molecule has 0 spiro atoms. The zero-order valence-electron chi connectivity index (χ0n) is 16.1. The van der Waals surface area contributed by atoms with Crippen molar-refractivity contribution in [1.29, 1.82) is 0 Å². The van der Waals surface area contributed by atoms with Crippen LogP contribution in [-0.2, 0) is 0 Å². The first-order valence-electron chi connectivity index (χ1n) is 8.50. The van der Waals surface area contributed by atoms with Crippen LogP contribution in [0.25, 0.3) is 0 Å². The lowest BCUT2D eigenvalue weighted by atomic mass is 9.84. The molecule has 0 amide bonds. The summed E-state index contributed by atoms with van der Waals surface area (Å²) < 4.78 is 0. The summed E-state index contributed by atoms with van der Waals surface area (Å²) in [5.41, 5.74) is 10.1. The van der Waals surface area contributed by atoms with E-state index in [0.717, 1.165) is 32.6 Å². The summed E-state index contributed by atoms with van der Waals surface area (Å²) in [5.74, 6) is 0. The van der Waals surface area contributed by atoms with Gasteiger partial charge in [0.2, 0.25) is 0 Å². The Hall–Kier alpha value is -0.540. The Morgan fingerprint density at radius 2 is 1.33 bits per heavy atom. The first-order chi connectivity index (χ1) is 10.3. The second-order valence-corrected chi connectivity index (χ2v) is 7.00. The second kappa shape index (κ2) is 9.82. The zero-order valence-corrected chi connectivity index (χ0v) is 17.7. The predicted molar refractivity (Wildman–Crippen MR) is 111 cm³/mol. The Balaban J connectivity index is 0.00000264. The number of rotatable bonds is 4. The van der Waals surface area contributed by atoms with Crippen LogP contribution in [0.2, 0.25) is 0 Å². The van der Waals surface area contributed by atoms with Crippen LogP contribution in [0, 0.1) is 34.6 Å². The smallest absolute Gasteiger partial charge is 0.0391 e. The lowest BCUT2D eigenvalue weighted by Crippen LogP contribution is -2.45. The van der Waals surface area contributed by atoms with Crippen molar-refractivity contribution in [3.63, 3.8) is 0 Å². The van der Waals surface area contributed by atoms with Crippen LogP contribution in [0.5, 0.6) is 0 Å². The number of halogens is 2. The van der Waals surface area contributed by atoms with E-state index in [2.05, 4.69) is 58.3 Å². The highest BCUT2D eigenvalue weighted by Gasteiger charge is 2.26. The molecule has 4 heteroatoms. The van der Waals surface area contributed by atoms with Crippen molar-refractivity contribution in [2.24, 2.45) is 0 Å². The zero-order chi connectivity index (χ0) is 16.4. The highest BCUT2D eigenvalue weighted by atomic mass is 35.5. The fourth-order valence-corrected chi connectivity index (χ4v) is 3.77. The number of benzene rings is 1. The molecule has 1 aliphatic heterocycles. The van der Waals surface area contributed by atoms with Gasteiger partial charge in [0.05, 0.1) is 0 Å². The third kappa shape index (κ3) is 4.76. The van der Waals surface area contributed by atoms with E-state index < -0.39 is 0 Å². The number of hydrogen-bond donors (Lipinski definition) is 1. The molecule has 0 aromatic heterocycles. The standard InChI is InChI=1S/C20H32N2.2ClH/c1-13(2)12-19(22-10-8-21-9-11-22)20-17(6)15(4)14(3)16(5)18(20)7;;/h19,21H,1,8-12H2,2-7H3;2*1H/t19-;;/m0../s1. The molecule has 1 atom stereocenters. The molecule has 1 heterocycles. The minimum absolute atomic E-state index is 0. The molecule has 1 N–H and O–H groups in total. The first kappa shape index (κ1) is 23.5. The molecule has 0 saturated carbocycles. The van der Waals surface area contributed by atoms with Gasteiger partial charge in [0.1, 0.15) is 0 Å². The summed E-state index contributed by atoms with van der Waals surface area (Å²) in [5, 5.41) is 3.47. The van der Waals surface area contributed by atoms with Gasteiger partial charge in [-0.15, -0.1) is 31.4 Å². The molecular formula is C20H34Cl2N2. The third-order valence-corrected chi connectivity index (χ3v) is 5.53. The molecule has 1 aromatic carbocycles. The van der Waals surface area contributed by atoms with Gasteiger partial charge in [-0.25, -0.2) is 0 Å². The van der Waals surface area contributed by atoms with Gasteiger partial charge in [-0.2, -0.15) is 0 Å². The van der Waals surface area contributed by atoms with Crippen LogP contribution in [-0.4, -0.2) is 31.1 Å². The van der Waals surface area contributed by atoms with Gasteiger partial charge in [0.25, 0.3) is 0 Å². The SMILES string of the molecule is C=C(C)C[C@@H](c1c(C)c(C)c(C)c(C)c1C)N1CCNCC1.Cl.Cl. The molecule has 0 aliphatic carbocycles. The number of piperazine rings is 1. The highest BCUT2D eigenvalue weighted by molar-refractivity contribution is 5.85. The molecule has 138 valence electrons. The second-order valence-electron chi connectivity index (χ2n) is 7.00. The largest absolute Gasteiger partial charge is 0.314 e. The summed E-state index contributed by atoms with van der Waals surface area (Å²) in [6.07, 6.45) is 1.06. The van der Waals surface area contributed by atoms with Crippen LogP contribution in [0.15, 0.2) is 12.2 Å². The maximum Gasteiger partial charge on any atom is 0.0391 e. The van der Waals surface area contributed by atoms with E-state index in [1.54, 1.807) is 5.56 Å². The van der Waals surface area contributed by atoms with Crippen LogP contribution >= 0.6 is 24.8 Å². The van der Waals surface area contributed by atoms with Crippen molar-refractivity contribution >= 4 is 24.8 Å². The highest BCUT2D eigenvalue weighted by Crippen LogP contribution is 2.36. The Morgan fingerprint density at radius 3 is 1.75 bits per heavy atom. The van der Waals surface area contributed by atoms with Gasteiger partial charge in [-0.05, 0) is 81.3 Å². The van der Waals surface area contributed by atoms with Crippen molar-refractivity contribution in [3.8, 4) is 0 Å². The van der Waals surface area contributed by atoms with Gasteiger partial charge in [-0.1, -0.05) is 5.57 Å². The predicted octanol–water partition coefficient (Wildman–Crippen LogP) is 4.98. The minimum Gasteiger partial charge on any atom is -0.314 e. The lowest BCUT2D eigenvalue weighted by molar-refractivity contribution is 0.171. The molecule has 1 saturated heterocycles. The molecule has 1 aromatic rings. The van der Waals surface area contributed by atoms with E-state index in [-0.39, 0.29) is 24.8 Å². The Bertz CT molecular complexity index is 546. The third-order valence-electron chi connectivity index (χ3n) is 5.53. The van der Waals surface area contributed by atoms with Crippen LogP contribution in [0.3, 0.4) is 0 Å².